The van der Waals surface area contributed by atoms with E-state index in [0.29, 0.717) is 40.1 Å². The van der Waals surface area contributed by atoms with Gasteiger partial charge in [-0.05, 0) is 48.7 Å². The number of carbonyl (C=O) groups excluding carboxylic acids is 1. The minimum Gasteiger partial charge on any atom is -0.497 e. The molecule has 3 N–H and O–H groups in total. The van der Waals surface area contributed by atoms with Crippen molar-refractivity contribution in [1.82, 2.24) is 16.2 Å². The standard InChI is InChI=1S/C18H27N3O3S/c1-11-6-5-7-15(12(11)2)19-18(25)21-20-17(22)14-10-13(23-3)8-9-16(14)24-4/h8-12,15H,5-7H2,1-4H3,(H,20,22)(H2,19,21,25)/t11-,12+,15+/m0/s1. The van der Waals surface area contributed by atoms with E-state index in [1.54, 1.807) is 25.3 Å². The third-order valence-electron chi connectivity index (χ3n) is 4.96. The first-order chi connectivity index (χ1) is 12.0. The highest BCUT2D eigenvalue weighted by Crippen LogP contribution is 2.29. The first-order valence-corrected chi connectivity index (χ1v) is 8.96. The van der Waals surface area contributed by atoms with Crippen molar-refractivity contribution in [3.63, 3.8) is 0 Å². The largest absolute Gasteiger partial charge is 0.497 e. The van der Waals surface area contributed by atoms with Gasteiger partial charge in [-0.1, -0.05) is 26.7 Å². The van der Waals surface area contributed by atoms with E-state index in [2.05, 4.69) is 30.0 Å². The van der Waals surface area contributed by atoms with Crippen molar-refractivity contribution in [3.8, 4) is 11.5 Å². The molecule has 2 rings (SSSR count). The maximum atomic E-state index is 12.4. The second kappa shape index (κ2) is 8.89. The molecule has 6 nitrogen and oxygen atoms in total. The lowest BCUT2D eigenvalue weighted by atomic mass is 9.78. The number of hydrogen-bond acceptors (Lipinski definition) is 4. The highest BCUT2D eigenvalue weighted by Gasteiger charge is 2.27. The fraction of sp³-hybridized carbons (Fsp3) is 0.556. The van der Waals surface area contributed by atoms with Crippen LogP contribution in [0.25, 0.3) is 0 Å². The molecule has 0 saturated heterocycles. The summed E-state index contributed by atoms with van der Waals surface area (Å²) in [7, 11) is 3.07. The number of rotatable bonds is 4. The zero-order valence-corrected chi connectivity index (χ0v) is 16.0. The van der Waals surface area contributed by atoms with E-state index in [0.717, 1.165) is 6.42 Å². The van der Waals surface area contributed by atoms with Crippen LogP contribution in [0.5, 0.6) is 11.5 Å². The minimum absolute atomic E-state index is 0.326. The molecule has 1 amide bonds. The van der Waals surface area contributed by atoms with Gasteiger partial charge in [-0.25, -0.2) is 0 Å². The molecule has 0 spiro atoms. The Labute approximate surface area is 154 Å². The molecule has 1 saturated carbocycles. The van der Waals surface area contributed by atoms with E-state index in [1.165, 1.54) is 20.0 Å². The predicted molar refractivity (Wildman–Crippen MR) is 102 cm³/mol. The van der Waals surface area contributed by atoms with Crippen LogP contribution < -0.4 is 25.6 Å². The van der Waals surface area contributed by atoms with Gasteiger partial charge in [0, 0.05) is 6.04 Å². The number of ether oxygens (including phenoxy) is 2. The Morgan fingerprint density at radius 2 is 1.92 bits per heavy atom. The molecule has 1 aliphatic carbocycles. The smallest absolute Gasteiger partial charge is 0.273 e. The molecule has 1 fully saturated rings. The van der Waals surface area contributed by atoms with Gasteiger partial charge in [0.1, 0.15) is 11.5 Å². The van der Waals surface area contributed by atoms with Crippen molar-refractivity contribution >= 4 is 23.2 Å². The van der Waals surface area contributed by atoms with E-state index >= 15 is 0 Å². The van der Waals surface area contributed by atoms with Crippen LogP contribution in [-0.4, -0.2) is 31.3 Å². The summed E-state index contributed by atoms with van der Waals surface area (Å²) in [4.78, 5) is 12.4. The van der Waals surface area contributed by atoms with E-state index in [-0.39, 0.29) is 5.91 Å². The number of benzene rings is 1. The number of carbonyl (C=O) groups is 1. The molecule has 1 aromatic carbocycles. The van der Waals surface area contributed by atoms with Gasteiger partial charge in [0.2, 0.25) is 0 Å². The summed E-state index contributed by atoms with van der Waals surface area (Å²) < 4.78 is 10.4. The minimum atomic E-state index is -0.343. The molecule has 25 heavy (non-hydrogen) atoms. The van der Waals surface area contributed by atoms with Gasteiger partial charge in [0.25, 0.3) is 5.91 Å². The molecular weight excluding hydrogens is 338 g/mol. The fourth-order valence-electron chi connectivity index (χ4n) is 3.16. The Bertz CT molecular complexity index is 624. The zero-order valence-electron chi connectivity index (χ0n) is 15.2. The lowest BCUT2D eigenvalue weighted by Crippen LogP contribution is -2.52. The van der Waals surface area contributed by atoms with Crippen molar-refractivity contribution in [2.75, 3.05) is 14.2 Å². The number of amides is 1. The Balaban J connectivity index is 1.92. The highest BCUT2D eigenvalue weighted by molar-refractivity contribution is 7.80. The van der Waals surface area contributed by atoms with Crippen LogP contribution in [0.2, 0.25) is 0 Å². The van der Waals surface area contributed by atoms with Crippen molar-refractivity contribution in [3.05, 3.63) is 23.8 Å². The monoisotopic (exact) mass is 365 g/mol. The summed E-state index contributed by atoms with van der Waals surface area (Å²) in [6.45, 7) is 4.51. The van der Waals surface area contributed by atoms with Gasteiger partial charge in [0.15, 0.2) is 5.11 Å². The van der Waals surface area contributed by atoms with Crippen molar-refractivity contribution in [2.45, 2.75) is 39.2 Å². The van der Waals surface area contributed by atoms with Crippen LogP contribution >= 0.6 is 12.2 Å². The second-order valence-corrected chi connectivity index (χ2v) is 6.90. The molecule has 1 aliphatic rings. The zero-order chi connectivity index (χ0) is 18.4. The SMILES string of the molecule is COc1ccc(OC)c(C(=O)NNC(=S)N[C@@H]2CCC[C@H](C)[C@H]2C)c1. The molecule has 0 heterocycles. The number of thiocarbonyl (C=S) groups is 1. The lowest BCUT2D eigenvalue weighted by molar-refractivity contribution is 0.0939. The van der Waals surface area contributed by atoms with Crippen LogP contribution in [0.1, 0.15) is 43.5 Å². The molecule has 0 aliphatic heterocycles. The van der Waals surface area contributed by atoms with Gasteiger partial charge in [0.05, 0.1) is 19.8 Å². The van der Waals surface area contributed by atoms with E-state index in [1.807, 2.05) is 0 Å². The number of hydrogen-bond donors (Lipinski definition) is 3. The van der Waals surface area contributed by atoms with Crippen LogP contribution in [0.15, 0.2) is 18.2 Å². The van der Waals surface area contributed by atoms with E-state index in [4.69, 9.17) is 21.7 Å². The second-order valence-electron chi connectivity index (χ2n) is 6.49. The number of hydrazine groups is 1. The quantitative estimate of drug-likeness (QED) is 0.563. The summed E-state index contributed by atoms with van der Waals surface area (Å²) in [6.07, 6.45) is 3.54. The molecule has 138 valence electrons. The number of methoxy groups -OCH3 is 2. The lowest BCUT2D eigenvalue weighted by Gasteiger charge is -2.35. The molecule has 0 unspecified atom stereocenters. The topological polar surface area (TPSA) is 71.6 Å². The Morgan fingerprint density at radius 1 is 1.16 bits per heavy atom. The van der Waals surface area contributed by atoms with Crippen LogP contribution in [0, 0.1) is 11.8 Å². The summed E-state index contributed by atoms with van der Waals surface area (Å²) in [5, 5.41) is 3.72. The molecule has 0 radical (unpaired) electrons. The summed E-state index contributed by atoms with van der Waals surface area (Å²) in [6, 6.07) is 5.38. The van der Waals surface area contributed by atoms with E-state index in [9.17, 15) is 4.79 Å². The molecule has 1 aromatic rings. The molecule has 0 bridgehead atoms. The van der Waals surface area contributed by atoms with Gasteiger partial charge in [-0.2, -0.15) is 0 Å². The van der Waals surface area contributed by atoms with Crippen LogP contribution in [-0.2, 0) is 0 Å². The predicted octanol–water partition coefficient (Wildman–Crippen LogP) is 2.64. The Morgan fingerprint density at radius 3 is 2.60 bits per heavy atom. The number of nitrogens with one attached hydrogen (secondary N) is 3. The summed E-state index contributed by atoms with van der Waals surface area (Å²) in [5.74, 6) is 1.92. The summed E-state index contributed by atoms with van der Waals surface area (Å²) >= 11 is 5.31. The van der Waals surface area contributed by atoms with Crippen LogP contribution in [0.4, 0.5) is 0 Å². The fourth-order valence-corrected chi connectivity index (χ4v) is 3.36. The molecule has 3 atom stereocenters. The average molecular weight is 365 g/mol. The van der Waals surface area contributed by atoms with Gasteiger partial charge >= 0.3 is 0 Å². The average Bonchev–Trinajstić information content (AvgIpc) is 2.63. The highest BCUT2D eigenvalue weighted by atomic mass is 32.1. The third kappa shape index (κ3) is 4.98. The van der Waals surface area contributed by atoms with Crippen molar-refractivity contribution in [2.24, 2.45) is 11.8 Å². The van der Waals surface area contributed by atoms with Crippen molar-refractivity contribution < 1.29 is 14.3 Å². The van der Waals surface area contributed by atoms with Gasteiger partial charge in [-0.15, -0.1) is 0 Å². The van der Waals surface area contributed by atoms with Gasteiger partial charge < -0.3 is 14.8 Å². The third-order valence-corrected chi connectivity index (χ3v) is 5.18. The van der Waals surface area contributed by atoms with E-state index < -0.39 is 0 Å². The maximum absolute atomic E-state index is 12.4. The first kappa shape index (κ1) is 19.3. The Hall–Kier alpha value is -2.02. The van der Waals surface area contributed by atoms with Crippen LogP contribution in [0.3, 0.4) is 0 Å². The Kier molecular flexibility index (Phi) is 6.87. The van der Waals surface area contributed by atoms with Crippen molar-refractivity contribution in [1.29, 1.82) is 0 Å². The molecular formula is C18H27N3O3S. The maximum Gasteiger partial charge on any atom is 0.273 e. The summed E-state index contributed by atoms with van der Waals surface area (Å²) in [5.41, 5.74) is 5.76. The molecule has 7 heteroatoms. The van der Waals surface area contributed by atoms with Gasteiger partial charge in [-0.3, -0.25) is 15.6 Å². The molecule has 0 aromatic heterocycles. The normalized spacial score (nSPS) is 22.6. The first-order valence-electron chi connectivity index (χ1n) is 8.55.